The number of aryl methyl sites for hydroxylation is 1. The molecule has 3 aromatic carbocycles. The molecule has 0 spiro atoms. The third-order valence-electron chi connectivity index (χ3n) is 7.06. The van der Waals surface area contributed by atoms with Crippen LogP contribution < -0.4 is 14.6 Å². The lowest BCUT2D eigenvalue weighted by Gasteiger charge is -2.37. The maximum absolute atomic E-state index is 13.0. The van der Waals surface area contributed by atoms with Crippen LogP contribution in [-0.2, 0) is 6.42 Å². The van der Waals surface area contributed by atoms with Crippen LogP contribution in [0.2, 0.25) is 0 Å². The fraction of sp³-hybridized carbons (Fsp3) is 0.345. The Morgan fingerprint density at radius 3 is 2.08 bits per heavy atom. The zero-order valence-electron chi connectivity index (χ0n) is 20.8. The van der Waals surface area contributed by atoms with Crippen molar-refractivity contribution >= 4 is 28.3 Å². The molecule has 186 valence electrons. The summed E-state index contributed by atoms with van der Waals surface area (Å²) in [4.78, 5) is 18.3. The first-order chi connectivity index (χ1) is 17.6. The number of para-hydroxylation sites is 2. The SMILES string of the molecule is CCCCCCc1ccc(N2CCN(c3ccc(C(=O)n4n[n+]([O-])c5ccccc54)cc3)CC2)cc1. The van der Waals surface area contributed by atoms with Gasteiger partial charge in [-0.1, -0.05) is 55.1 Å². The van der Waals surface area contributed by atoms with Gasteiger partial charge in [-0.15, -0.1) is 4.85 Å². The molecule has 5 rings (SSSR count). The number of aromatic nitrogens is 3. The van der Waals surface area contributed by atoms with E-state index >= 15 is 0 Å². The topological polar surface area (TPSA) is 68.3 Å². The van der Waals surface area contributed by atoms with Crippen LogP contribution in [0.15, 0.2) is 72.8 Å². The molecular weight excluding hydrogens is 450 g/mol. The number of nitrogens with zero attached hydrogens (tertiary/aromatic N) is 5. The van der Waals surface area contributed by atoms with Crippen LogP contribution in [0.25, 0.3) is 11.0 Å². The minimum Gasteiger partial charge on any atom is -0.691 e. The Hall–Kier alpha value is -3.87. The van der Waals surface area contributed by atoms with Gasteiger partial charge in [0.2, 0.25) is 11.0 Å². The lowest BCUT2D eigenvalue weighted by atomic mass is 10.1. The van der Waals surface area contributed by atoms with E-state index in [9.17, 15) is 10.0 Å². The number of piperazine rings is 1. The molecule has 1 aliphatic rings. The van der Waals surface area contributed by atoms with Crippen molar-refractivity contribution < 1.29 is 9.64 Å². The predicted molar refractivity (Wildman–Crippen MR) is 144 cm³/mol. The van der Waals surface area contributed by atoms with Gasteiger partial charge in [0.05, 0.1) is 5.56 Å². The Kier molecular flexibility index (Phi) is 7.16. The normalized spacial score (nSPS) is 13.9. The highest BCUT2D eigenvalue weighted by molar-refractivity contribution is 5.99. The fourth-order valence-corrected chi connectivity index (χ4v) is 4.92. The summed E-state index contributed by atoms with van der Waals surface area (Å²) in [6.45, 7) is 6.01. The molecule has 0 bridgehead atoms. The Labute approximate surface area is 212 Å². The molecule has 7 nitrogen and oxygen atoms in total. The van der Waals surface area contributed by atoms with E-state index < -0.39 is 0 Å². The van der Waals surface area contributed by atoms with Crippen LogP contribution in [0.3, 0.4) is 0 Å². The van der Waals surface area contributed by atoms with Gasteiger partial charge in [-0.3, -0.25) is 0 Å². The zero-order valence-corrected chi connectivity index (χ0v) is 20.8. The van der Waals surface area contributed by atoms with Crippen LogP contribution in [0.5, 0.6) is 0 Å². The number of rotatable bonds is 8. The van der Waals surface area contributed by atoms with E-state index in [-0.39, 0.29) is 5.91 Å². The Balaban J connectivity index is 1.18. The maximum Gasteiger partial charge on any atom is 0.366 e. The molecule has 4 aromatic rings. The van der Waals surface area contributed by atoms with Crippen molar-refractivity contribution in [2.75, 3.05) is 36.0 Å². The molecule has 1 saturated heterocycles. The second-order valence-corrected chi connectivity index (χ2v) is 9.47. The number of benzene rings is 3. The van der Waals surface area contributed by atoms with Crippen molar-refractivity contribution in [2.45, 2.75) is 39.0 Å². The van der Waals surface area contributed by atoms with Crippen molar-refractivity contribution in [3.63, 3.8) is 0 Å². The molecule has 2 heterocycles. The second-order valence-electron chi connectivity index (χ2n) is 9.47. The summed E-state index contributed by atoms with van der Waals surface area (Å²) < 4.78 is 1.17. The van der Waals surface area contributed by atoms with Gasteiger partial charge in [0.25, 0.3) is 0 Å². The van der Waals surface area contributed by atoms with Gasteiger partial charge in [-0.05, 0) is 66.9 Å². The van der Waals surface area contributed by atoms with Crippen LogP contribution in [0.1, 0.15) is 48.5 Å². The van der Waals surface area contributed by atoms with Crippen LogP contribution in [-0.4, -0.2) is 42.0 Å². The Bertz CT molecular complexity index is 1310. The third kappa shape index (κ3) is 5.05. The summed E-state index contributed by atoms with van der Waals surface area (Å²) in [5, 5.41) is 15.9. The van der Waals surface area contributed by atoms with Gasteiger partial charge >= 0.3 is 5.91 Å². The number of carbonyl (C=O) groups excluding carboxylic acids is 1. The number of hydrogen-bond acceptors (Lipinski definition) is 5. The summed E-state index contributed by atoms with van der Waals surface area (Å²) in [7, 11) is 0. The average Bonchev–Trinajstić information content (AvgIpc) is 3.28. The molecule has 36 heavy (non-hydrogen) atoms. The summed E-state index contributed by atoms with van der Waals surface area (Å²) >= 11 is 0. The van der Waals surface area contributed by atoms with Gasteiger partial charge in [0.15, 0.2) is 0 Å². The lowest BCUT2D eigenvalue weighted by molar-refractivity contribution is -0.645. The monoisotopic (exact) mass is 483 g/mol. The Morgan fingerprint density at radius 1 is 0.833 bits per heavy atom. The van der Waals surface area contributed by atoms with Crippen molar-refractivity contribution in [3.05, 3.63) is 89.1 Å². The minimum atomic E-state index is -0.314. The van der Waals surface area contributed by atoms with E-state index in [4.69, 9.17) is 0 Å². The summed E-state index contributed by atoms with van der Waals surface area (Å²) in [6.07, 6.45) is 6.35. The summed E-state index contributed by atoms with van der Waals surface area (Å²) in [5.41, 5.74) is 5.19. The molecule has 0 aliphatic carbocycles. The smallest absolute Gasteiger partial charge is 0.366 e. The second kappa shape index (κ2) is 10.8. The number of unbranched alkanes of at least 4 members (excludes halogenated alkanes) is 3. The fourth-order valence-electron chi connectivity index (χ4n) is 4.92. The number of fused-ring (bicyclic) bond motifs is 1. The van der Waals surface area contributed by atoms with E-state index in [1.165, 1.54) is 48.0 Å². The molecule has 0 atom stereocenters. The van der Waals surface area contributed by atoms with Gasteiger partial charge in [0, 0.05) is 37.6 Å². The Morgan fingerprint density at radius 2 is 1.44 bits per heavy atom. The van der Waals surface area contributed by atoms with Gasteiger partial charge in [0.1, 0.15) is 5.21 Å². The molecule has 0 N–H and O–H groups in total. The van der Waals surface area contributed by atoms with E-state index in [0.717, 1.165) is 31.9 Å². The molecule has 1 aromatic heterocycles. The molecule has 0 unspecified atom stereocenters. The standard InChI is InChI=1S/C29H33N5O2/c1-2-3-4-5-8-23-11-15-25(16-12-23)31-19-21-32(22-20-31)26-17-13-24(14-18-26)29(35)33-27-9-6-7-10-28(27)34(36)30-33/h6-7,9-18H,2-5,8,19-22H2,1H3. The van der Waals surface area contributed by atoms with Gasteiger partial charge < -0.3 is 15.0 Å². The number of carbonyl (C=O) groups is 1. The first-order valence-electron chi connectivity index (χ1n) is 13.0. The van der Waals surface area contributed by atoms with Gasteiger partial charge in [-0.2, -0.15) is 0 Å². The highest BCUT2D eigenvalue weighted by atomic mass is 16.5. The zero-order chi connectivity index (χ0) is 24.9. The molecule has 7 heteroatoms. The number of anilines is 2. The summed E-state index contributed by atoms with van der Waals surface area (Å²) in [6, 6.07) is 23.6. The first-order valence-corrected chi connectivity index (χ1v) is 13.0. The van der Waals surface area contributed by atoms with Crippen LogP contribution in [0.4, 0.5) is 11.4 Å². The first kappa shape index (κ1) is 23.9. The predicted octanol–water partition coefficient (Wildman–Crippen LogP) is 4.81. The third-order valence-corrected chi connectivity index (χ3v) is 7.06. The average molecular weight is 484 g/mol. The molecule has 1 aliphatic heterocycles. The van der Waals surface area contributed by atoms with Crippen molar-refractivity contribution in [3.8, 4) is 0 Å². The quantitative estimate of drug-likeness (QED) is 0.204. The molecule has 0 amide bonds. The van der Waals surface area contributed by atoms with E-state index in [0.29, 0.717) is 21.4 Å². The molecule has 0 radical (unpaired) electrons. The van der Waals surface area contributed by atoms with Crippen molar-refractivity contribution in [2.24, 2.45) is 0 Å². The van der Waals surface area contributed by atoms with Crippen molar-refractivity contribution in [1.29, 1.82) is 0 Å². The molecular formula is C29H33N5O2. The number of hydrogen-bond donors (Lipinski definition) is 0. The lowest BCUT2D eigenvalue weighted by Crippen LogP contribution is -2.46. The minimum absolute atomic E-state index is 0.314. The van der Waals surface area contributed by atoms with Gasteiger partial charge in [-0.25, -0.2) is 4.79 Å². The van der Waals surface area contributed by atoms with Crippen molar-refractivity contribution in [1.82, 2.24) is 9.90 Å². The summed E-state index contributed by atoms with van der Waals surface area (Å²) in [5.74, 6) is -0.314. The highest BCUT2D eigenvalue weighted by Gasteiger charge is 2.23. The maximum atomic E-state index is 13.0. The van der Waals surface area contributed by atoms with E-state index in [1.807, 2.05) is 24.3 Å². The molecule has 0 saturated carbocycles. The highest BCUT2D eigenvalue weighted by Crippen LogP contribution is 2.23. The largest absolute Gasteiger partial charge is 0.691 e. The molecule has 1 fully saturated rings. The van der Waals surface area contributed by atoms with Crippen LogP contribution in [0, 0.1) is 5.21 Å². The van der Waals surface area contributed by atoms with E-state index in [2.05, 4.69) is 46.2 Å². The van der Waals surface area contributed by atoms with Crippen LogP contribution >= 0.6 is 0 Å². The van der Waals surface area contributed by atoms with E-state index in [1.54, 1.807) is 24.3 Å².